The van der Waals surface area contributed by atoms with Crippen molar-refractivity contribution in [3.05, 3.63) is 27.1 Å². The number of methoxy groups -OCH3 is 1. The Labute approximate surface area is 77.3 Å². The van der Waals surface area contributed by atoms with Gasteiger partial charge >= 0.3 is 0 Å². The van der Waals surface area contributed by atoms with Crippen molar-refractivity contribution >= 4 is 11.6 Å². The Morgan fingerprint density at radius 3 is 2.69 bits per heavy atom. The van der Waals surface area contributed by atoms with E-state index in [2.05, 4.69) is 9.72 Å². The molecule has 0 radical (unpaired) electrons. The zero-order valence-corrected chi connectivity index (χ0v) is 7.36. The molecular weight excluding hydrogens is 204 g/mol. The van der Waals surface area contributed by atoms with Crippen LogP contribution in [0, 0.1) is 0 Å². The molecule has 0 spiro atoms. The van der Waals surface area contributed by atoms with Gasteiger partial charge in [0, 0.05) is 6.07 Å². The molecule has 0 aliphatic carbocycles. The third-order valence-corrected chi connectivity index (χ3v) is 1.69. The summed E-state index contributed by atoms with van der Waals surface area (Å²) in [6.45, 7) is 0. The molecule has 6 heteroatoms. The van der Waals surface area contributed by atoms with Gasteiger partial charge in [-0.05, 0) is 0 Å². The van der Waals surface area contributed by atoms with E-state index in [-0.39, 0.29) is 10.9 Å². The van der Waals surface area contributed by atoms with Crippen molar-refractivity contribution in [2.75, 3.05) is 7.11 Å². The number of rotatable bonds is 2. The minimum atomic E-state index is -2.78. The van der Waals surface area contributed by atoms with Crippen molar-refractivity contribution in [1.29, 1.82) is 0 Å². The summed E-state index contributed by atoms with van der Waals surface area (Å²) < 4.78 is 29.2. The lowest BCUT2D eigenvalue weighted by Crippen LogP contribution is -2.08. The summed E-state index contributed by atoms with van der Waals surface area (Å²) in [4.78, 5) is 12.9. The molecule has 0 unspecified atom stereocenters. The van der Waals surface area contributed by atoms with E-state index in [1.54, 1.807) is 0 Å². The highest BCUT2D eigenvalue weighted by atomic mass is 35.5. The Balaban J connectivity index is 3.38. The normalized spacial score (nSPS) is 10.5. The zero-order chi connectivity index (χ0) is 10.0. The predicted molar refractivity (Wildman–Crippen MR) is 43.6 cm³/mol. The van der Waals surface area contributed by atoms with Crippen molar-refractivity contribution in [3.8, 4) is 5.75 Å². The lowest BCUT2D eigenvalue weighted by Gasteiger charge is -2.07. The number of ether oxygens (including phenoxy) is 1. The number of pyridine rings is 1. The highest BCUT2D eigenvalue weighted by Gasteiger charge is 2.17. The second-order valence-corrected chi connectivity index (χ2v) is 2.61. The van der Waals surface area contributed by atoms with Crippen LogP contribution in [0.4, 0.5) is 8.78 Å². The summed E-state index contributed by atoms with van der Waals surface area (Å²) in [6, 6.07) is 0.759. The highest BCUT2D eigenvalue weighted by Crippen LogP contribution is 2.31. The average Bonchev–Trinajstić information content (AvgIpc) is 2.02. The minimum Gasteiger partial charge on any atom is -0.493 e. The maximum atomic E-state index is 12.3. The molecule has 1 heterocycles. The Morgan fingerprint density at radius 1 is 1.62 bits per heavy atom. The van der Waals surface area contributed by atoms with Gasteiger partial charge in [-0.25, -0.2) is 8.78 Å². The predicted octanol–water partition coefficient (Wildman–Crippen LogP) is 1.97. The number of aromatic amines is 1. The molecule has 1 rings (SSSR count). The van der Waals surface area contributed by atoms with Crippen LogP contribution in [0.15, 0.2) is 10.9 Å². The second-order valence-electron chi connectivity index (χ2n) is 2.24. The standard InChI is InChI=1S/C7H6ClF2NO2/c1-13-5-3(7(9)10)2-4(12)11-6(5)8/h2,7H,1H3,(H,11,12). The van der Waals surface area contributed by atoms with Gasteiger partial charge in [-0.15, -0.1) is 0 Å². The van der Waals surface area contributed by atoms with Crippen LogP contribution in [-0.4, -0.2) is 12.1 Å². The lowest BCUT2D eigenvalue weighted by atomic mass is 10.2. The molecule has 72 valence electrons. The third-order valence-electron chi connectivity index (χ3n) is 1.42. The summed E-state index contributed by atoms with van der Waals surface area (Å²) >= 11 is 5.46. The van der Waals surface area contributed by atoms with Gasteiger partial charge in [0.1, 0.15) is 0 Å². The number of alkyl halides is 2. The number of halogens is 3. The van der Waals surface area contributed by atoms with Gasteiger partial charge in [-0.1, -0.05) is 11.6 Å². The molecule has 0 saturated heterocycles. The van der Waals surface area contributed by atoms with Gasteiger partial charge in [0.15, 0.2) is 10.9 Å². The van der Waals surface area contributed by atoms with Gasteiger partial charge in [0.25, 0.3) is 6.43 Å². The van der Waals surface area contributed by atoms with Crippen molar-refractivity contribution in [2.24, 2.45) is 0 Å². The number of hydrogen-bond acceptors (Lipinski definition) is 2. The average molecular weight is 210 g/mol. The van der Waals surface area contributed by atoms with Crippen LogP contribution in [-0.2, 0) is 0 Å². The number of hydrogen-bond donors (Lipinski definition) is 1. The molecule has 0 aliphatic heterocycles. The summed E-state index contributed by atoms with van der Waals surface area (Å²) in [5.41, 5.74) is -1.18. The Kier molecular flexibility index (Phi) is 2.87. The maximum absolute atomic E-state index is 12.3. The van der Waals surface area contributed by atoms with Crippen molar-refractivity contribution in [1.82, 2.24) is 4.98 Å². The summed E-state index contributed by atoms with van der Waals surface area (Å²) in [5.74, 6) is -0.198. The topological polar surface area (TPSA) is 42.1 Å². The number of nitrogens with one attached hydrogen (secondary N) is 1. The Morgan fingerprint density at radius 2 is 2.23 bits per heavy atom. The molecule has 0 aromatic carbocycles. The van der Waals surface area contributed by atoms with E-state index in [1.807, 2.05) is 0 Å². The van der Waals surface area contributed by atoms with E-state index in [9.17, 15) is 13.6 Å². The van der Waals surface area contributed by atoms with Crippen LogP contribution in [0.2, 0.25) is 5.15 Å². The number of aromatic nitrogens is 1. The first-order valence-electron chi connectivity index (χ1n) is 3.31. The Hall–Kier alpha value is -1.10. The van der Waals surface area contributed by atoms with Crippen LogP contribution < -0.4 is 10.3 Å². The van der Waals surface area contributed by atoms with E-state index in [1.165, 1.54) is 7.11 Å². The number of H-pyrrole nitrogens is 1. The molecule has 1 aromatic heterocycles. The third kappa shape index (κ3) is 1.98. The Bertz CT molecular complexity index is 364. The van der Waals surface area contributed by atoms with Crippen LogP contribution >= 0.6 is 11.6 Å². The molecule has 0 atom stereocenters. The molecule has 1 aromatic rings. The minimum absolute atomic E-state index is 0.198. The fraction of sp³-hybridized carbons (Fsp3) is 0.286. The maximum Gasteiger partial charge on any atom is 0.267 e. The molecule has 0 amide bonds. The molecule has 13 heavy (non-hydrogen) atoms. The largest absolute Gasteiger partial charge is 0.493 e. The highest BCUT2D eigenvalue weighted by molar-refractivity contribution is 6.30. The van der Waals surface area contributed by atoms with Gasteiger partial charge in [0.2, 0.25) is 5.56 Å². The molecule has 1 N–H and O–H groups in total. The van der Waals surface area contributed by atoms with Crippen molar-refractivity contribution in [3.63, 3.8) is 0 Å². The van der Waals surface area contributed by atoms with E-state index < -0.39 is 17.5 Å². The van der Waals surface area contributed by atoms with Crippen molar-refractivity contribution in [2.45, 2.75) is 6.43 Å². The SMILES string of the molecule is COc1c(C(F)F)cc(=O)[nH]c1Cl. The van der Waals surface area contributed by atoms with E-state index >= 15 is 0 Å². The van der Waals surface area contributed by atoms with E-state index in [4.69, 9.17) is 11.6 Å². The first-order chi connectivity index (χ1) is 6.06. The van der Waals surface area contributed by atoms with Gasteiger partial charge in [-0.3, -0.25) is 4.79 Å². The fourth-order valence-electron chi connectivity index (χ4n) is 0.904. The first kappa shape index (κ1) is 9.98. The lowest BCUT2D eigenvalue weighted by molar-refractivity contribution is 0.146. The summed E-state index contributed by atoms with van der Waals surface area (Å²) in [6.07, 6.45) is -2.78. The summed E-state index contributed by atoms with van der Waals surface area (Å²) in [5, 5.41) is -0.217. The molecule has 0 aliphatic rings. The van der Waals surface area contributed by atoms with Crippen LogP contribution in [0.1, 0.15) is 12.0 Å². The first-order valence-corrected chi connectivity index (χ1v) is 3.69. The molecule has 0 saturated carbocycles. The summed E-state index contributed by atoms with van der Waals surface area (Å²) in [7, 11) is 1.20. The smallest absolute Gasteiger partial charge is 0.267 e. The monoisotopic (exact) mass is 209 g/mol. The fourth-order valence-corrected chi connectivity index (χ4v) is 1.18. The second kappa shape index (κ2) is 3.74. The molecule has 0 fully saturated rings. The van der Waals surface area contributed by atoms with E-state index in [0.717, 1.165) is 6.07 Å². The quantitative estimate of drug-likeness (QED) is 0.757. The van der Waals surface area contributed by atoms with Crippen molar-refractivity contribution < 1.29 is 13.5 Å². The zero-order valence-electron chi connectivity index (χ0n) is 6.61. The van der Waals surface area contributed by atoms with Gasteiger partial charge in [0.05, 0.1) is 12.7 Å². The van der Waals surface area contributed by atoms with Crippen LogP contribution in [0.5, 0.6) is 5.75 Å². The van der Waals surface area contributed by atoms with Gasteiger partial charge < -0.3 is 9.72 Å². The van der Waals surface area contributed by atoms with Crippen LogP contribution in [0.3, 0.4) is 0 Å². The van der Waals surface area contributed by atoms with Gasteiger partial charge in [-0.2, -0.15) is 0 Å². The molecule has 0 bridgehead atoms. The van der Waals surface area contributed by atoms with E-state index in [0.29, 0.717) is 0 Å². The molecule has 3 nitrogen and oxygen atoms in total. The molecular formula is C7H6ClF2NO2. The van der Waals surface area contributed by atoms with Crippen LogP contribution in [0.25, 0.3) is 0 Å².